The predicted octanol–water partition coefficient (Wildman–Crippen LogP) is 1.50. The van der Waals surface area contributed by atoms with E-state index in [-0.39, 0.29) is 33.6 Å². The Labute approximate surface area is 135 Å². The first-order valence-electron chi connectivity index (χ1n) is 6.92. The molecule has 0 saturated carbocycles. The van der Waals surface area contributed by atoms with Crippen LogP contribution in [0.25, 0.3) is 0 Å². The molecule has 1 aromatic carbocycles. The highest BCUT2D eigenvalue weighted by Gasteiger charge is 2.28. The summed E-state index contributed by atoms with van der Waals surface area (Å²) in [6.07, 6.45) is -0.147. The molecule has 8 heteroatoms. The minimum absolute atomic E-state index is 0.0112. The molecule has 22 heavy (non-hydrogen) atoms. The maximum absolute atomic E-state index is 12.6. The van der Waals surface area contributed by atoms with Crippen molar-refractivity contribution in [1.82, 2.24) is 9.62 Å². The van der Waals surface area contributed by atoms with Crippen molar-refractivity contribution in [3.8, 4) is 0 Å². The van der Waals surface area contributed by atoms with Crippen molar-refractivity contribution in [2.75, 3.05) is 20.1 Å². The number of halogens is 1. The molecular weight excluding hydrogens is 328 g/mol. The zero-order valence-electron chi connectivity index (χ0n) is 12.7. The van der Waals surface area contributed by atoms with Gasteiger partial charge in [-0.05, 0) is 39.1 Å². The highest BCUT2D eigenvalue weighted by molar-refractivity contribution is 7.89. The van der Waals surface area contributed by atoms with E-state index in [9.17, 15) is 13.2 Å². The molecular formula is C14H19ClN2O4S. The van der Waals surface area contributed by atoms with Gasteiger partial charge in [-0.15, -0.1) is 0 Å². The number of benzene rings is 1. The van der Waals surface area contributed by atoms with Crippen LogP contribution in [0.1, 0.15) is 24.2 Å². The molecule has 1 fully saturated rings. The summed E-state index contributed by atoms with van der Waals surface area (Å²) in [6.45, 7) is 4.67. The van der Waals surface area contributed by atoms with Gasteiger partial charge in [0, 0.05) is 13.1 Å². The van der Waals surface area contributed by atoms with Crippen LogP contribution in [0.5, 0.6) is 0 Å². The summed E-state index contributed by atoms with van der Waals surface area (Å²) in [6, 6.07) is 4.10. The third kappa shape index (κ3) is 3.60. The van der Waals surface area contributed by atoms with Crippen molar-refractivity contribution in [3.05, 3.63) is 28.8 Å². The van der Waals surface area contributed by atoms with Crippen LogP contribution in [0, 0.1) is 0 Å². The second-order valence-corrected chi connectivity index (χ2v) is 7.61. The maximum Gasteiger partial charge on any atom is 0.255 e. The Morgan fingerprint density at radius 3 is 2.45 bits per heavy atom. The topological polar surface area (TPSA) is 75.7 Å². The van der Waals surface area contributed by atoms with Crippen LogP contribution in [0.3, 0.4) is 0 Å². The SMILES string of the molecule is CNS(=O)(=O)c1ccc(Cl)c(C(=O)N2CC(C)OC(C)C2)c1. The molecule has 0 aliphatic carbocycles. The van der Waals surface area contributed by atoms with Crippen molar-refractivity contribution >= 4 is 27.5 Å². The standard InChI is InChI=1S/C14H19ClN2O4S/c1-9-7-17(8-10(2)21-9)14(18)12-6-11(4-5-13(12)15)22(19,20)16-3/h4-6,9-10,16H,7-8H2,1-3H3. The quantitative estimate of drug-likeness (QED) is 0.899. The van der Waals surface area contributed by atoms with Gasteiger partial charge in [-0.3, -0.25) is 4.79 Å². The van der Waals surface area contributed by atoms with E-state index in [0.29, 0.717) is 13.1 Å². The number of sulfonamides is 1. The molecule has 0 bridgehead atoms. The summed E-state index contributed by atoms with van der Waals surface area (Å²) in [7, 11) is -2.31. The molecule has 1 heterocycles. The van der Waals surface area contributed by atoms with Gasteiger partial charge in [-0.2, -0.15) is 0 Å². The summed E-state index contributed by atoms with van der Waals surface area (Å²) < 4.78 is 31.6. The number of nitrogens with zero attached hydrogens (tertiary/aromatic N) is 1. The number of hydrogen-bond acceptors (Lipinski definition) is 4. The van der Waals surface area contributed by atoms with E-state index < -0.39 is 10.0 Å². The lowest BCUT2D eigenvalue weighted by molar-refractivity contribution is -0.0586. The van der Waals surface area contributed by atoms with E-state index in [1.165, 1.54) is 25.2 Å². The minimum atomic E-state index is -3.63. The molecule has 2 unspecified atom stereocenters. The van der Waals surface area contributed by atoms with Gasteiger partial charge in [0.25, 0.3) is 5.91 Å². The van der Waals surface area contributed by atoms with Crippen LogP contribution in [0.2, 0.25) is 5.02 Å². The smallest absolute Gasteiger partial charge is 0.255 e. The van der Waals surface area contributed by atoms with Gasteiger partial charge < -0.3 is 9.64 Å². The zero-order valence-corrected chi connectivity index (χ0v) is 14.2. The number of rotatable bonds is 3. The molecule has 6 nitrogen and oxygen atoms in total. The van der Waals surface area contributed by atoms with Gasteiger partial charge in [0.15, 0.2) is 0 Å². The Hall–Kier alpha value is -1.15. The first kappa shape index (κ1) is 17.2. The van der Waals surface area contributed by atoms with Gasteiger partial charge in [0.2, 0.25) is 10.0 Å². The van der Waals surface area contributed by atoms with Crippen molar-refractivity contribution in [3.63, 3.8) is 0 Å². The third-order valence-corrected chi connectivity index (χ3v) is 5.20. The predicted molar refractivity (Wildman–Crippen MR) is 83.6 cm³/mol. The Balaban J connectivity index is 2.35. The number of amides is 1. The Kier molecular flexibility index (Phi) is 5.11. The lowest BCUT2D eigenvalue weighted by Gasteiger charge is -2.35. The van der Waals surface area contributed by atoms with Gasteiger partial charge >= 0.3 is 0 Å². The van der Waals surface area contributed by atoms with E-state index in [1.807, 2.05) is 13.8 Å². The third-order valence-electron chi connectivity index (χ3n) is 3.45. The largest absolute Gasteiger partial charge is 0.372 e. The van der Waals surface area contributed by atoms with Gasteiger partial charge in [-0.1, -0.05) is 11.6 Å². The van der Waals surface area contributed by atoms with Crippen LogP contribution in [0.4, 0.5) is 0 Å². The first-order valence-corrected chi connectivity index (χ1v) is 8.78. The van der Waals surface area contributed by atoms with Crippen LogP contribution in [0.15, 0.2) is 23.1 Å². The van der Waals surface area contributed by atoms with E-state index in [2.05, 4.69) is 4.72 Å². The van der Waals surface area contributed by atoms with Crippen molar-refractivity contribution < 1.29 is 17.9 Å². The van der Waals surface area contributed by atoms with Crippen LogP contribution in [-0.4, -0.2) is 51.6 Å². The molecule has 1 aliphatic heterocycles. The van der Waals surface area contributed by atoms with E-state index in [4.69, 9.17) is 16.3 Å². The Bertz CT molecular complexity index is 667. The summed E-state index contributed by atoms with van der Waals surface area (Å²) in [5, 5.41) is 0.229. The highest BCUT2D eigenvalue weighted by Crippen LogP contribution is 2.23. The van der Waals surface area contributed by atoms with Crippen molar-refractivity contribution in [2.24, 2.45) is 0 Å². The summed E-state index contributed by atoms with van der Waals surface area (Å²) >= 11 is 6.08. The number of ether oxygens (including phenoxy) is 1. The van der Waals surface area contributed by atoms with Gasteiger partial charge in [-0.25, -0.2) is 13.1 Å². The van der Waals surface area contributed by atoms with Gasteiger partial charge in [0.05, 0.1) is 27.7 Å². The fourth-order valence-electron chi connectivity index (χ4n) is 2.47. The van der Waals surface area contributed by atoms with Crippen molar-refractivity contribution in [2.45, 2.75) is 31.0 Å². The number of nitrogens with one attached hydrogen (secondary N) is 1. The molecule has 1 aliphatic rings. The van der Waals surface area contributed by atoms with Crippen LogP contribution >= 0.6 is 11.6 Å². The second kappa shape index (κ2) is 6.54. The molecule has 0 spiro atoms. The normalized spacial score (nSPS) is 22.6. The molecule has 2 atom stereocenters. The zero-order chi connectivity index (χ0) is 16.5. The second-order valence-electron chi connectivity index (χ2n) is 5.32. The number of carbonyl (C=O) groups excluding carboxylic acids is 1. The number of carbonyl (C=O) groups is 1. The lowest BCUT2D eigenvalue weighted by Crippen LogP contribution is -2.48. The average molecular weight is 347 g/mol. The van der Waals surface area contributed by atoms with Crippen molar-refractivity contribution in [1.29, 1.82) is 0 Å². The first-order chi connectivity index (χ1) is 10.2. The minimum Gasteiger partial charge on any atom is -0.372 e. The van der Waals surface area contributed by atoms with Crippen LogP contribution in [-0.2, 0) is 14.8 Å². The monoisotopic (exact) mass is 346 g/mol. The molecule has 0 aromatic heterocycles. The van der Waals surface area contributed by atoms with E-state index in [0.717, 1.165) is 0 Å². The lowest BCUT2D eigenvalue weighted by atomic mass is 10.1. The molecule has 2 rings (SSSR count). The number of hydrogen-bond donors (Lipinski definition) is 1. The molecule has 1 N–H and O–H groups in total. The summed E-state index contributed by atoms with van der Waals surface area (Å²) in [5.41, 5.74) is 0.180. The molecule has 0 radical (unpaired) electrons. The molecule has 1 amide bonds. The Morgan fingerprint density at radius 2 is 1.91 bits per heavy atom. The van der Waals surface area contributed by atoms with Crippen LogP contribution < -0.4 is 4.72 Å². The highest BCUT2D eigenvalue weighted by atomic mass is 35.5. The fourth-order valence-corrected chi connectivity index (χ4v) is 3.42. The summed E-state index contributed by atoms with van der Waals surface area (Å²) in [5.74, 6) is -0.292. The average Bonchev–Trinajstić information content (AvgIpc) is 2.45. The molecule has 122 valence electrons. The van der Waals surface area contributed by atoms with E-state index in [1.54, 1.807) is 4.90 Å². The number of morpholine rings is 1. The Morgan fingerprint density at radius 1 is 1.32 bits per heavy atom. The fraction of sp³-hybridized carbons (Fsp3) is 0.500. The molecule has 1 aromatic rings. The van der Waals surface area contributed by atoms with E-state index >= 15 is 0 Å². The molecule has 1 saturated heterocycles. The van der Waals surface area contributed by atoms with Gasteiger partial charge in [0.1, 0.15) is 0 Å². The summed E-state index contributed by atoms with van der Waals surface area (Å²) in [4.78, 5) is 14.3. The maximum atomic E-state index is 12.6.